The summed E-state index contributed by atoms with van der Waals surface area (Å²) in [6.07, 6.45) is -3.08. The average molecular weight is 586 g/mol. The SMILES string of the molecule is CC(=O)N1CCC(F)(c2cc3c(N[C@H](C)c4cccc(C(F)F)c4F)nc(C)c(C#CCN(C)C)c3n(C)c2=O)CC1. The number of aryl methyl sites for hydroxylation is 2. The third-order valence-corrected chi connectivity index (χ3v) is 7.75. The molecule has 1 atom stereocenters. The van der Waals surface area contributed by atoms with E-state index in [2.05, 4.69) is 22.1 Å². The summed E-state index contributed by atoms with van der Waals surface area (Å²) in [6.45, 7) is 5.54. The van der Waals surface area contributed by atoms with Crippen LogP contribution in [0.15, 0.2) is 29.1 Å². The molecule has 1 amide bonds. The van der Waals surface area contributed by atoms with Crippen LogP contribution in [-0.2, 0) is 17.5 Å². The van der Waals surface area contributed by atoms with E-state index >= 15 is 8.78 Å². The van der Waals surface area contributed by atoms with Gasteiger partial charge >= 0.3 is 0 Å². The van der Waals surface area contributed by atoms with Gasteiger partial charge in [-0.3, -0.25) is 14.5 Å². The lowest BCUT2D eigenvalue weighted by Crippen LogP contribution is -2.45. The van der Waals surface area contributed by atoms with Crippen LogP contribution in [0.5, 0.6) is 0 Å². The van der Waals surface area contributed by atoms with Crippen molar-refractivity contribution in [3.63, 3.8) is 0 Å². The van der Waals surface area contributed by atoms with Crippen LogP contribution in [-0.4, -0.2) is 59.0 Å². The summed E-state index contributed by atoms with van der Waals surface area (Å²) < 4.78 is 59.6. The molecule has 42 heavy (non-hydrogen) atoms. The van der Waals surface area contributed by atoms with Crippen LogP contribution >= 0.6 is 0 Å². The summed E-state index contributed by atoms with van der Waals surface area (Å²) in [6, 6.07) is 4.47. The number of aromatic nitrogens is 2. The number of alkyl halides is 3. The number of carbonyl (C=O) groups excluding carboxylic acids is 1. The fourth-order valence-corrected chi connectivity index (χ4v) is 5.34. The lowest BCUT2D eigenvalue weighted by Gasteiger charge is -2.36. The summed E-state index contributed by atoms with van der Waals surface area (Å²) in [5, 5.41) is 3.50. The van der Waals surface area contributed by atoms with Crippen LogP contribution in [0.1, 0.15) is 67.1 Å². The third-order valence-electron chi connectivity index (χ3n) is 7.75. The number of benzene rings is 1. The van der Waals surface area contributed by atoms with Crippen LogP contribution in [0.3, 0.4) is 0 Å². The number of amides is 1. The number of hydrogen-bond acceptors (Lipinski definition) is 5. The maximum absolute atomic E-state index is 16.5. The van der Waals surface area contributed by atoms with Gasteiger partial charge in [0.15, 0.2) is 0 Å². The van der Waals surface area contributed by atoms with E-state index in [9.17, 15) is 18.4 Å². The number of likely N-dealkylation sites (tertiary alicyclic amines) is 1. The predicted octanol–water partition coefficient (Wildman–Crippen LogP) is 5.21. The van der Waals surface area contributed by atoms with Crippen molar-refractivity contribution in [2.24, 2.45) is 7.05 Å². The number of carbonyl (C=O) groups is 1. The fraction of sp³-hybridized carbons (Fsp3) is 0.452. The van der Waals surface area contributed by atoms with Crippen molar-refractivity contribution in [1.82, 2.24) is 19.4 Å². The van der Waals surface area contributed by atoms with Crippen LogP contribution < -0.4 is 10.9 Å². The maximum Gasteiger partial charge on any atom is 0.266 e. The van der Waals surface area contributed by atoms with E-state index in [4.69, 9.17) is 0 Å². The molecule has 0 spiro atoms. The van der Waals surface area contributed by atoms with Crippen molar-refractivity contribution >= 4 is 22.6 Å². The first-order valence-electron chi connectivity index (χ1n) is 13.7. The minimum atomic E-state index is -2.98. The van der Waals surface area contributed by atoms with Gasteiger partial charge in [0, 0.05) is 50.9 Å². The fourth-order valence-electron chi connectivity index (χ4n) is 5.34. The molecule has 224 valence electrons. The minimum Gasteiger partial charge on any atom is -0.363 e. The Kier molecular flexibility index (Phi) is 8.97. The van der Waals surface area contributed by atoms with Gasteiger partial charge in [-0.2, -0.15) is 0 Å². The Hall–Kier alpha value is -3.91. The second-order valence-electron chi connectivity index (χ2n) is 11.0. The first-order valence-corrected chi connectivity index (χ1v) is 13.7. The largest absolute Gasteiger partial charge is 0.363 e. The molecule has 11 heteroatoms. The average Bonchev–Trinajstić information content (AvgIpc) is 2.92. The quantitative estimate of drug-likeness (QED) is 0.318. The summed E-state index contributed by atoms with van der Waals surface area (Å²) in [7, 11) is 5.28. The Labute approximate surface area is 242 Å². The van der Waals surface area contributed by atoms with Gasteiger partial charge in [0.05, 0.1) is 40.5 Å². The van der Waals surface area contributed by atoms with Gasteiger partial charge in [-0.25, -0.2) is 22.5 Å². The van der Waals surface area contributed by atoms with Gasteiger partial charge in [-0.15, -0.1) is 0 Å². The molecule has 0 aliphatic carbocycles. The number of anilines is 1. The van der Waals surface area contributed by atoms with Crippen LogP contribution in [0.4, 0.5) is 23.4 Å². The number of hydrogen-bond donors (Lipinski definition) is 1. The highest BCUT2D eigenvalue weighted by molar-refractivity contribution is 5.95. The monoisotopic (exact) mass is 585 g/mol. The van der Waals surface area contributed by atoms with E-state index in [1.54, 1.807) is 18.7 Å². The Bertz CT molecular complexity index is 1630. The van der Waals surface area contributed by atoms with Crippen molar-refractivity contribution in [2.75, 3.05) is 39.0 Å². The Morgan fingerprint density at radius 2 is 1.86 bits per heavy atom. The molecule has 1 saturated heterocycles. The normalized spacial score (nSPS) is 15.6. The zero-order valence-corrected chi connectivity index (χ0v) is 24.6. The maximum atomic E-state index is 16.5. The molecule has 3 heterocycles. The molecule has 1 aliphatic rings. The lowest BCUT2D eigenvalue weighted by atomic mass is 9.86. The van der Waals surface area contributed by atoms with Gasteiger partial charge < -0.3 is 14.8 Å². The first-order chi connectivity index (χ1) is 19.7. The van der Waals surface area contributed by atoms with Gasteiger partial charge in [0.2, 0.25) is 5.91 Å². The van der Waals surface area contributed by atoms with E-state index in [0.29, 0.717) is 28.7 Å². The van der Waals surface area contributed by atoms with Gasteiger partial charge in [0.1, 0.15) is 17.3 Å². The molecule has 0 bridgehead atoms. The molecule has 4 rings (SSSR count). The predicted molar refractivity (Wildman–Crippen MR) is 155 cm³/mol. The van der Waals surface area contributed by atoms with Crippen molar-refractivity contribution in [2.45, 2.75) is 51.7 Å². The summed E-state index contributed by atoms with van der Waals surface area (Å²) in [5.74, 6) is 5.21. The highest BCUT2D eigenvalue weighted by Gasteiger charge is 2.40. The lowest BCUT2D eigenvalue weighted by molar-refractivity contribution is -0.131. The smallest absolute Gasteiger partial charge is 0.266 e. The van der Waals surface area contributed by atoms with Crippen molar-refractivity contribution < 1.29 is 22.4 Å². The number of fused-ring (bicyclic) bond motifs is 1. The molecule has 1 aromatic carbocycles. The number of nitrogens with zero attached hydrogens (tertiary/aromatic N) is 4. The van der Waals surface area contributed by atoms with Gasteiger partial charge in [-0.05, 0) is 34.0 Å². The summed E-state index contributed by atoms with van der Waals surface area (Å²) in [4.78, 5) is 33.6. The van der Waals surface area contributed by atoms with Crippen molar-refractivity contribution in [3.05, 3.63) is 68.4 Å². The number of pyridine rings is 2. The first kappa shape index (κ1) is 31.0. The molecule has 0 radical (unpaired) electrons. The molecule has 2 aromatic heterocycles. The summed E-state index contributed by atoms with van der Waals surface area (Å²) >= 11 is 0. The third kappa shape index (κ3) is 6.00. The topological polar surface area (TPSA) is 70.5 Å². The van der Waals surface area contributed by atoms with E-state index in [1.807, 2.05) is 19.0 Å². The van der Waals surface area contributed by atoms with E-state index in [0.717, 1.165) is 6.07 Å². The zero-order valence-electron chi connectivity index (χ0n) is 24.6. The minimum absolute atomic E-state index is 0.0128. The zero-order chi connectivity index (χ0) is 30.9. The number of rotatable bonds is 6. The molecule has 1 fully saturated rings. The molecular weight excluding hydrogens is 550 g/mol. The number of nitrogens with one attached hydrogen (secondary N) is 1. The van der Waals surface area contributed by atoms with Crippen molar-refractivity contribution in [3.8, 4) is 11.8 Å². The molecule has 1 N–H and O–H groups in total. The Morgan fingerprint density at radius 1 is 1.21 bits per heavy atom. The molecule has 3 aromatic rings. The van der Waals surface area contributed by atoms with Crippen molar-refractivity contribution in [1.29, 1.82) is 0 Å². The Morgan fingerprint density at radius 3 is 2.45 bits per heavy atom. The molecule has 7 nitrogen and oxygen atoms in total. The van der Waals surface area contributed by atoms with E-state index in [1.165, 1.54) is 36.7 Å². The standard InChI is InChI=1S/C31H35F4N5O2/c1-18(21-9-7-10-23(26(21)32)28(33)34)36-29-24-17-25(31(35)12-15-40(16-13-31)20(3)41)30(42)39(6)27(24)22(19(2)37-29)11-8-14-38(4)5/h7,9-10,17-18,28H,12-16H2,1-6H3,(H,36,37)/t18-/m1/s1. The molecule has 0 unspecified atom stereocenters. The van der Waals surface area contributed by atoms with Crippen LogP contribution in [0, 0.1) is 24.6 Å². The number of piperidine rings is 1. The second kappa shape index (κ2) is 12.1. The van der Waals surface area contributed by atoms with Crippen LogP contribution in [0.2, 0.25) is 0 Å². The highest BCUT2D eigenvalue weighted by atomic mass is 19.3. The van der Waals surface area contributed by atoms with Gasteiger partial charge in [0.25, 0.3) is 12.0 Å². The van der Waals surface area contributed by atoms with E-state index in [-0.39, 0.29) is 48.8 Å². The van der Waals surface area contributed by atoms with Crippen LogP contribution in [0.25, 0.3) is 10.9 Å². The van der Waals surface area contributed by atoms with E-state index < -0.39 is 35.1 Å². The Balaban J connectivity index is 1.91. The second-order valence-corrected chi connectivity index (χ2v) is 11.0. The van der Waals surface area contributed by atoms with Gasteiger partial charge in [-0.1, -0.05) is 30.0 Å². The molecule has 1 aliphatic heterocycles. The number of halogens is 4. The molecular formula is C31H35F4N5O2. The highest BCUT2D eigenvalue weighted by Crippen LogP contribution is 2.38. The molecule has 0 saturated carbocycles. The summed E-state index contributed by atoms with van der Waals surface area (Å²) in [5.41, 5.74) is -1.89.